The van der Waals surface area contributed by atoms with Gasteiger partial charge in [0.15, 0.2) is 11.9 Å². The molecule has 0 aliphatic rings. The van der Waals surface area contributed by atoms with Gasteiger partial charge in [0.05, 0.1) is 12.6 Å². The zero-order valence-corrected chi connectivity index (χ0v) is 49.6. The van der Waals surface area contributed by atoms with Gasteiger partial charge in [-0.1, -0.05) is 61.8 Å². The highest BCUT2D eigenvalue weighted by Crippen LogP contribution is 2.14. The van der Waals surface area contributed by atoms with Crippen molar-refractivity contribution in [1.29, 1.82) is 0 Å². The van der Waals surface area contributed by atoms with E-state index in [0.717, 1.165) is 0 Å². The van der Waals surface area contributed by atoms with Crippen LogP contribution in [0.4, 0.5) is 0 Å². The Labute approximate surface area is 481 Å². The molecule has 22 N–H and O–H groups in total. The van der Waals surface area contributed by atoms with Gasteiger partial charge in [-0.2, -0.15) is 25.3 Å². The van der Waals surface area contributed by atoms with Crippen LogP contribution in [0.15, 0.2) is 9.98 Å². The largest absolute Gasteiger partial charge is 0.480 e. The predicted octanol–water partition coefficient (Wildman–Crippen LogP) is -3.33. The van der Waals surface area contributed by atoms with Gasteiger partial charge in [0.2, 0.25) is 53.2 Å². The average Bonchev–Trinajstić information content (AvgIpc) is 3.37. The molecule has 458 valence electrons. The van der Waals surface area contributed by atoms with Crippen LogP contribution < -0.4 is 82.3 Å². The second kappa shape index (κ2) is 40.1. The van der Waals surface area contributed by atoms with Crippen molar-refractivity contribution in [2.24, 2.45) is 68.1 Å². The van der Waals surface area contributed by atoms with Crippen molar-refractivity contribution >= 4 is 96.3 Å². The van der Waals surface area contributed by atoms with Gasteiger partial charge in [0.1, 0.15) is 48.3 Å². The molecule has 0 heterocycles. The van der Waals surface area contributed by atoms with Gasteiger partial charge in [-0.05, 0) is 94.4 Å². The van der Waals surface area contributed by atoms with E-state index in [1.54, 1.807) is 55.4 Å². The quantitative estimate of drug-likeness (QED) is 0.0123. The molecule has 0 unspecified atom stereocenters. The number of aliphatic imine (C=N–C) groups is 2. The topological polar surface area (TPSA) is 480 Å². The summed E-state index contributed by atoms with van der Waals surface area (Å²) in [7, 11) is 0. The molecular formula is C50H95N17O11S2. The SMILES string of the molecule is CC[C@H](C)[C@H](NC(=O)[C@H](CCCN=C(N)N)NC(=O)[C@H](CCCCN)NC(=O)[C@@H](N)CCCN=C(N)N)C(=O)N[C@@H](CC(C)C)C(=O)N[C@@H](CS)C(=O)N[C@@H](CS)C(=O)N[C@@H](CC(C)C)C(=O)NCC(=O)N[C@@H](CC(C)C)C(=O)O. The van der Waals surface area contributed by atoms with Gasteiger partial charge in [-0.25, -0.2) is 4.79 Å². The lowest BCUT2D eigenvalue weighted by molar-refractivity contribution is -0.142. The number of nitrogens with one attached hydrogen (secondary N) is 9. The normalized spacial score (nSPS) is 14.9. The van der Waals surface area contributed by atoms with Crippen molar-refractivity contribution in [1.82, 2.24) is 47.9 Å². The molecule has 0 bridgehead atoms. The van der Waals surface area contributed by atoms with Crippen LogP contribution in [0.5, 0.6) is 0 Å². The number of nitrogens with zero attached hydrogens (tertiary/aromatic N) is 2. The van der Waals surface area contributed by atoms with E-state index in [1.165, 1.54) is 0 Å². The van der Waals surface area contributed by atoms with Crippen LogP contribution in [0.1, 0.15) is 126 Å². The molecule has 0 aliphatic heterocycles. The lowest BCUT2D eigenvalue weighted by Gasteiger charge is -2.30. The number of thiol groups is 2. The second-order valence-corrected chi connectivity index (χ2v) is 21.7. The Hall–Kier alpha value is -6.14. The van der Waals surface area contributed by atoms with Crippen molar-refractivity contribution in [2.45, 2.75) is 180 Å². The molecule has 0 aliphatic carbocycles. The van der Waals surface area contributed by atoms with Crippen molar-refractivity contribution < 1.29 is 53.1 Å². The number of carboxylic acid groups (broad SMARTS) is 1. The first-order chi connectivity index (χ1) is 37.5. The average molecular weight is 1170 g/mol. The summed E-state index contributed by atoms with van der Waals surface area (Å²) in [5, 5.41) is 32.9. The van der Waals surface area contributed by atoms with E-state index in [9.17, 15) is 53.1 Å². The molecule has 28 nitrogen and oxygen atoms in total. The highest BCUT2D eigenvalue weighted by atomic mass is 32.1. The highest BCUT2D eigenvalue weighted by molar-refractivity contribution is 7.80. The predicted molar refractivity (Wildman–Crippen MR) is 312 cm³/mol. The van der Waals surface area contributed by atoms with Gasteiger partial charge in [0, 0.05) is 24.6 Å². The summed E-state index contributed by atoms with van der Waals surface area (Å²) in [5.74, 6) is -9.75. The van der Waals surface area contributed by atoms with E-state index in [-0.39, 0.29) is 99.2 Å². The molecule has 0 rings (SSSR count). The second-order valence-electron chi connectivity index (χ2n) is 21.0. The Balaban J connectivity index is 6.45. The molecule has 0 aromatic heterocycles. The number of hydrogen-bond donors (Lipinski definition) is 18. The Kier molecular flexibility index (Phi) is 37.0. The fourth-order valence-corrected chi connectivity index (χ4v) is 8.31. The molecule has 0 spiro atoms. The Bertz CT molecular complexity index is 2060. The standard InChI is InChI=1S/C50H95N17O11S2/c1-9-29(8)39(67-43(72)32(16-13-19-58-50(55)56)62-42(71)31(15-10-11-17-51)61-40(69)30(52)14-12-18-57-49(53)54)47(76)64-34(21-27(4)5)44(73)65-37(25-80)46(75)66-36(24-79)45(74)63-33(20-26(2)3)41(70)59-23-38(68)60-35(48(77)78)22-28(6)7/h26-37,39,79-80H,9-25,51-52H2,1-8H3,(H,59,70)(H,60,68)(H,61,69)(H,62,71)(H,63,74)(H,64,76)(H,65,73)(H,66,75)(H,67,72)(H,77,78)(H4,53,54,57)(H4,55,56,58)/t29-,30-,31-,32-,33-,34-,35-,36-,37-,39-/m0/s1. The van der Waals surface area contributed by atoms with Crippen LogP contribution in [0.3, 0.4) is 0 Å². The zero-order valence-electron chi connectivity index (χ0n) is 47.8. The summed E-state index contributed by atoms with van der Waals surface area (Å²) in [6, 6.07) is -11.0. The third-order valence-electron chi connectivity index (χ3n) is 12.3. The molecule has 9 amide bonds. The Morgan fingerprint density at radius 3 is 1.31 bits per heavy atom. The number of carbonyl (C=O) groups excluding carboxylic acids is 9. The molecule has 0 fully saturated rings. The van der Waals surface area contributed by atoms with E-state index >= 15 is 0 Å². The number of hydrogen-bond acceptors (Lipinski definition) is 16. The molecule has 0 aromatic carbocycles. The molecule has 0 saturated heterocycles. The third kappa shape index (κ3) is 31.0. The molecule has 0 aromatic rings. The number of carbonyl (C=O) groups is 10. The van der Waals surface area contributed by atoms with Crippen LogP contribution in [-0.4, -0.2) is 168 Å². The minimum Gasteiger partial charge on any atom is -0.480 e. The summed E-state index contributed by atoms with van der Waals surface area (Å²) in [6.45, 7) is 14.3. The first-order valence-corrected chi connectivity index (χ1v) is 28.5. The van der Waals surface area contributed by atoms with Crippen LogP contribution in [0.25, 0.3) is 0 Å². The molecule has 0 radical (unpaired) electrons. The van der Waals surface area contributed by atoms with Gasteiger partial charge in [-0.15, -0.1) is 0 Å². The lowest BCUT2D eigenvalue weighted by atomic mass is 9.96. The van der Waals surface area contributed by atoms with Gasteiger partial charge in [0.25, 0.3) is 0 Å². The first kappa shape index (κ1) is 73.9. The van der Waals surface area contributed by atoms with Crippen LogP contribution in [-0.2, 0) is 47.9 Å². The van der Waals surface area contributed by atoms with Crippen molar-refractivity contribution in [2.75, 3.05) is 37.7 Å². The van der Waals surface area contributed by atoms with Crippen LogP contribution in [0.2, 0.25) is 0 Å². The molecular weight excluding hydrogens is 1080 g/mol. The number of nitrogens with two attached hydrogens (primary N) is 6. The smallest absolute Gasteiger partial charge is 0.326 e. The monoisotopic (exact) mass is 1170 g/mol. The maximum absolute atomic E-state index is 14.3. The fraction of sp³-hybridized carbons (Fsp3) is 0.760. The number of amides is 9. The summed E-state index contributed by atoms with van der Waals surface area (Å²) >= 11 is 8.53. The van der Waals surface area contributed by atoms with E-state index in [0.29, 0.717) is 32.2 Å². The van der Waals surface area contributed by atoms with Crippen molar-refractivity contribution in [3.8, 4) is 0 Å². The highest BCUT2D eigenvalue weighted by Gasteiger charge is 2.36. The fourth-order valence-electron chi connectivity index (χ4n) is 7.79. The van der Waals surface area contributed by atoms with Crippen molar-refractivity contribution in [3.05, 3.63) is 0 Å². The van der Waals surface area contributed by atoms with E-state index in [4.69, 9.17) is 34.4 Å². The molecule has 80 heavy (non-hydrogen) atoms. The minimum absolute atomic E-state index is 0.0110. The first-order valence-electron chi connectivity index (χ1n) is 27.2. The van der Waals surface area contributed by atoms with E-state index < -0.39 is 126 Å². The summed E-state index contributed by atoms with van der Waals surface area (Å²) < 4.78 is 0. The van der Waals surface area contributed by atoms with Crippen LogP contribution >= 0.6 is 25.3 Å². The number of aliphatic carboxylic acids is 1. The number of guanidine groups is 2. The number of carboxylic acids is 1. The van der Waals surface area contributed by atoms with Gasteiger partial charge in [-0.3, -0.25) is 53.1 Å². The maximum atomic E-state index is 14.3. The summed E-state index contributed by atoms with van der Waals surface area (Å²) in [4.78, 5) is 143. The van der Waals surface area contributed by atoms with Gasteiger partial charge >= 0.3 is 5.97 Å². The molecule has 10 atom stereocenters. The van der Waals surface area contributed by atoms with E-state index in [1.807, 2.05) is 0 Å². The van der Waals surface area contributed by atoms with Crippen molar-refractivity contribution in [3.63, 3.8) is 0 Å². The Morgan fingerprint density at radius 2 is 0.863 bits per heavy atom. The summed E-state index contributed by atoms with van der Waals surface area (Å²) in [6.07, 6.45) is 2.62. The lowest BCUT2D eigenvalue weighted by Crippen LogP contribution is -2.61. The van der Waals surface area contributed by atoms with Crippen LogP contribution in [0, 0.1) is 23.7 Å². The number of unbranched alkanes of at least 4 members (excludes halogenated alkanes) is 1. The summed E-state index contributed by atoms with van der Waals surface area (Å²) in [5.41, 5.74) is 33.7. The third-order valence-corrected chi connectivity index (χ3v) is 13.1. The van der Waals surface area contributed by atoms with E-state index in [2.05, 4.69) is 83.1 Å². The zero-order chi connectivity index (χ0) is 61.2. The molecule has 30 heteroatoms. The van der Waals surface area contributed by atoms with Gasteiger partial charge < -0.3 is 87.4 Å². The maximum Gasteiger partial charge on any atom is 0.326 e. The Morgan fingerprint density at radius 1 is 0.475 bits per heavy atom. The number of rotatable bonds is 41. The minimum atomic E-state index is -1.37. The molecule has 0 saturated carbocycles.